The van der Waals surface area contributed by atoms with Crippen LogP contribution in [0.3, 0.4) is 0 Å². The Bertz CT molecular complexity index is 610. The molecule has 0 bridgehead atoms. The van der Waals surface area contributed by atoms with E-state index in [4.69, 9.17) is 4.42 Å². The van der Waals surface area contributed by atoms with Crippen LogP contribution in [0.1, 0.15) is 38.0 Å². The molecule has 0 radical (unpaired) electrons. The molecule has 0 spiro atoms. The van der Waals surface area contributed by atoms with Gasteiger partial charge in [-0.3, -0.25) is 10.00 Å². The van der Waals surface area contributed by atoms with Gasteiger partial charge in [-0.1, -0.05) is 13.8 Å². The minimum absolute atomic E-state index is 0.610. The van der Waals surface area contributed by atoms with Crippen LogP contribution in [0.15, 0.2) is 22.7 Å². The molecule has 1 unspecified atom stereocenters. The Hall–Kier alpha value is -1.59. The fraction of sp³-hybridized carbons (Fsp3) is 0.611. The third-order valence-corrected chi connectivity index (χ3v) is 4.75. The third-order valence-electron chi connectivity index (χ3n) is 4.75. The molecule has 5 nitrogen and oxygen atoms in total. The smallest absolute Gasteiger partial charge is 0.152 e. The molecule has 1 saturated heterocycles. The summed E-state index contributed by atoms with van der Waals surface area (Å²) in [6.45, 7) is 10.9. The predicted molar refractivity (Wildman–Crippen MR) is 92.2 cm³/mol. The highest BCUT2D eigenvalue weighted by molar-refractivity contribution is 5.56. The van der Waals surface area contributed by atoms with Crippen molar-refractivity contribution in [3.05, 3.63) is 29.7 Å². The Morgan fingerprint density at radius 1 is 1.30 bits per heavy atom. The molecule has 3 heterocycles. The lowest BCUT2D eigenvalue weighted by Gasteiger charge is -2.31. The Morgan fingerprint density at radius 3 is 2.74 bits per heavy atom. The number of furan rings is 1. The fourth-order valence-corrected chi connectivity index (χ4v) is 3.44. The zero-order chi connectivity index (χ0) is 16.2. The lowest BCUT2D eigenvalue weighted by molar-refractivity contribution is 0.186. The summed E-state index contributed by atoms with van der Waals surface area (Å²) in [7, 11) is 0. The molecular weight excluding hydrogens is 288 g/mol. The van der Waals surface area contributed by atoms with E-state index in [0.717, 1.165) is 35.9 Å². The van der Waals surface area contributed by atoms with Crippen LogP contribution in [0.4, 0.5) is 0 Å². The number of H-pyrrole nitrogens is 1. The molecule has 23 heavy (non-hydrogen) atoms. The van der Waals surface area contributed by atoms with Crippen molar-refractivity contribution in [1.82, 2.24) is 20.4 Å². The molecule has 1 atom stereocenters. The molecule has 2 aromatic heterocycles. The molecule has 0 saturated carbocycles. The first-order valence-corrected chi connectivity index (χ1v) is 8.69. The molecule has 126 valence electrons. The molecule has 2 aromatic rings. The van der Waals surface area contributed by atoms with Gasteiger partial charge in [0, 0.05) is 24.7 Å². The number of aromatic amines is 1. The van der Waals surface area contributed by atoms with E-state index >= 15 is 0 Å². The molecule has 0 amide bonds. The van der Waals surface area contributed by atoms with E-state index in [1.807, 2.05) is 25.3 Å². The van der Waals surface area contributed by atoms with Crippen LogP contribution in [0.5, 0.6) is 0 Å². The molecule has 3 rings (SSSR count). The van der Waals surface area contributed by atoms with E-state index in [9.17, 15) is 0 Å². The number of aryl methyl sites for hydroxylation is 1. The van der Waals surface area contributed by atoms with Crippen molar-refractivity contribution in [2.75, 3.05) is 19.6 Å². The number of hydrogen-bond acceptors (Lipinski definition) is 4. The summed E-state index contributed by atoms with van der Waals surface area (Å²) < 4.78 is 5.71. The van der Waals surface area contributed by atoms with Crippen LogP contribution in [-0.2, 0) is 6.54 Å². The Kier molecular flexibility index (Phi) is 5.18. The van der Waals surface area contributed by atoms with Gasteiger partial charge in [-0.25, -0.2) is 0 Å². The molecule has 1 fully saturated rings. The third kappa shape index (κ3) is 3.85. The highest BCUT2D eigenvalue weighted by Gasteiger charge is 2.24. The first-order valence-electron chi connectivity index (χ1n) is 8.69. The molecule has 1 aliphatic rings. The van der Waals surface area contributed by atoms with Crippen LogP contribution < -0.4 is 5.32 Å². The molecule has 2 N–H and O–H groups in total. The highest BCUT2D eigenvalue weighted by Crippen LogP contribution is 2.23. The number of hydrogen-bond donors (Lipinski definition) is 2. The van der Waals surface area contributed by atoms with Crippen molar-refractivity contribution in [1.29, 1.82) is 0 Å². The van der Waals surface area contributed by atoms with Crippen LogP contribution in [0.25, 0.3) is 11.5 Å². The van der Waals surface area contributed by atoms with Gasteiger partial charge in [-0.05, 0) is 50.9 Å². The average Bonchev–Trinajstić information content (AvgIpc) is 3.24. The highest BCUT2D eigenvalue weighted by atomic mass is 16.3. The van der Waals surface area contributed by atoms with Crippen LogP contribution in [0, 0.1) is 12.8 Å². The lowest BCUT2D eigenvalue weighted by atomic mass is 10.0. The summed E-state index contributed by atoms with van der Waals surface area (Å²) in [5.41, 5.74) is 2.14. The zero-order valence-corrected chi connectivity index (χ0v) is 14.4. The zero-order valence-electron chi connectivity index (χ0n) is 14.4. The summed E-state index contributed by atoms with van der Waals surface area (Å²) in [6, 6.07) is 4.59. The summed E-state index contributed by atoms with van der Waals surface area (Å²) in [5.74, 6) is 2.44. The fourth-order valence-electron chi connectivity index (χ4n) is 3.44. The van der Waals surface area contributed by atoms with Crippen molar-refractivity contribution < 1.29 is 4.42 Å². The number of nitrogens with one attached hydrogen (secondary N) is 2. The van der Waals surface area contributed by atoms with Crippen LogP contribution in [-0.4, -0.2) is 40.8 Å². The quantitative estimate of drug-likeness (QED) is 0.823. The van der Waals surface area contributed by atoms with Gasteiger partial charge in [0.1, 0.15) is 11.5 Å². The molecule has 0 aliphatic carbocycles. The Morgan fingerprint density at radius 2 is 2.09 bits per heavy atom. The predicted octanol–water partition coefficient (Wildman–Crippen LogP) is 3.19. The van der Waals surface area contributed by atoms with E-state index in [-0.39, 0.29) is 0 Å². The molecule has 5 heteroatoms. The number of nitrogens with zero attached hydrogens (tertiary/aromatic N) is 2. The topological polar surface area (TPSA) is 57.1 Å². The molecule has 0 aromatic carbocycles. The van der Waals surface area contributed by atoms with Gasteiger partial charge in [0.25, 0.3) is 0 Å². The second-order valence-electron chi connectivity index (χ2n) is 6.87. The van der Waals surface area contributed by atoms with E-state index in [1.165, 1.54) is 25.9 Å². The SMILES string of the molecule is Cc1ccc(-c2[nH]ncc2CNCC(C(C)C)N2CCCC2)o1. The van der Waals surface area contributed by atoms with Gasteiger partial charge in [0.2, 0.25) is 0 Å². The summed E-state index contributed by atoms with van der Waals surface area (Å²) in [6.07, 6.45) is 4.57. The van der Waals surface area contributed by atoms with Gasteiger partial charge >= 0.3 is 0 Å². The molecular formula is C18H28N4O. The molecule has 1 aliphatic heterocycles. The first-order chi connectivity index (χ1) is 11.1. The standard InChI is InChI=1S/C18H28N4O/c1-13(2)16(22-8-4-5-9-22)12-19-10-15-11-20-21-18(15)17-7-6-14(3)23-17/h6-7,11,13,16,19H,4-5,8-10,12H2,1-3H3,(H,20,21). The lowest BCUT2D eigenvalue weighted by Crippen LogP contribution is -2.44. The van der Waals surface area contributed by atoms with Crippen LogP contribution in [0.2, 0.25) is 0 Å². The van der Waals surface area contributed by atoms with Gasteiger partial charge in [-0.15, -0.1) is 0 Å². The Balaban J connectivity index is 1.59. The maximum atomic E-state index is 5.71. The summed E-state index contributed by atoms with van der Waals surface area (Å²) in [5, 5.41) is 10.9. The van der Waals surface area contributed by atoms with Gasteiger partial charge in [0.15, 0.2) is 5.76 Å². The van der Waals surface area contributed by atoms with E-state index < -0.39 is 0 Å². The van der Waals surface area contributed by atoms with Crippen molar-refractivity contribution in [2.45, 2.75) is 46.2 Å². The first kappa shape index (κ1) is 16.3. The maximum absolute atomic E-state index is 5.71. The van der Waals surface area contributed by atoms with Gasteiger partial charge in [0.05, 0.1) is 6.20 Å². The Labute approximate surface area is 138 Å². The van der Waals surface area contributed by atoms with E-state index in [1.54, 1.807) is 0 Å². The van der Waals surface area contributed by atoms with Gasteiger partial charge in [-0.2, -0.15) is 5.10 Å². The average molecular weight is 316 g/mol. The normalized spacial score (nSPS) is 17.2. The minimum Gasteiger partial charge on any atom is -0.460 e. The number of rotatable bonds is 7. The van der Waals surface area contributed by atoms with E-state index in [0.29, 0.717) is 12.0 Å². The van der Waals surface area contributed by atoms with Crippen molar-refractivity contribution >= 4 is 0 Å². The largest absolute Gasteiger partial charge is 0.460 e. The van der Waals surface area contributed by atoms with E-state index in [2.05, 4.69) is 34.3 Å². The summed E-state index contributed by atoms with van der Waals surface area (Å²) in [4.78, 5) is 2.63. The number of aromatic nitrogens is 2. The monoisotopic (exact) mass is 316 g/mol. The van der Waals surface area contributed by atoms with Crippen molar-refractivity contribution in [2.24, 2.45) is 5.92 Å². The van der Waals surface area contributed by atoms with Crippen molar-refractivity contribution in [3.8, 4) is 11.5 Å². The minimum atomic E-state index is 0.610. The number of likely N-dealkylation sites (tertiary alicyclic amines) is 1. The second-order valence-corrected chi connectivity index (χ2v) is 6.87. The summed E-state index contributed by atoms with van der Waals surface area (Å²) >= 11 is 0. The van der Waals surface area contributed by atoms with Crippen LogP contribution >= 0.6 is 0 Å². The maximum Gasteiger partial charge on any atom is 0.152 e. The van der Waals surface area contributed by atoms with Gasteiger partial charge < -0.3 is 9.73 Å². The van der Waals surface area contributed by atoms with Crippen molar-refractivity contribution in [3.63, 3.8) is 0 Å². The second kappa shape index (κ2) is 7.32.